The fourth-order valence-electron chi connectivity index (χ4n) is 1.91. The minimum absolute atomic E-state index is 0.0446. The largest absolute Gasteiger partial charge is 0.400 e. The summed E-state index contributed by atoms with van der Waals surface area (Å²) in [5.74, 6) is -0.245. The van der Waals surface area contributed by atoms with Gasteiger partial charge in [-0.3, -0.25) is 4.79 Å². The van der Waals surface area contributed by atoms with E-state index in [4.69, 9.17) is 21.5 Å². The zero-order valence-corrected chi connectivity index (χ0v) is 9.03. The average Bonchev–Trinajstić information content (AvgIpc) is 2.49. The lowest BCUT2D eigenvalue weighted by Gasteiger charge is -2.22. The van der Waals surface area contributed by atoms with Crippen molar-refractivity contribution in [3.8, 4) is 18.2 Å². The molecule has 1 rings (SSSR count). The lowest BCUT2D eigenvalue weighted by Crippen LogP contribution is -2.30. The number of rotatable bonds is 1. The topological polar surface area (TPSA) is 114 Å². The number of hydrogen-bond acceptors (Lipinski definition) is 5. The van der Waals surface area contributed by atoms with Gasteiger partial charge in [0.05, 0.1) is 29.2 Å². The van der Waals surface area contributed by atoms with Gasteiger partial charge in [-0.25, -0.2) is 0 Å². The number of nitrogens with two attached hydrogens (primary N) is 1. The predicted molar refractivity (Wildman–Crippen MR) is 53.9 cm³/mol. The first-order chi connectivity index (χ1) is 7.38. The molecule has 1 aliphatic rings. The van der Waals surface area contributed by atoms with Crippen LogP contribution in [0, 0.1) is 44.8 Å². The maximum absolute atomic E-state index is 11.5. The predicted octanol–water partition coefficient (Wildman–Crippen LogP) is 0.755. The van der Waals surface area contributed by atoms with Crippen LogP contribution >= 0.6 is 0 Å². The minimum atomic E-state index is -1.58. The van der Waals surface area contributed by atoms with Crippen LogP contribution in [0.25, 0.3) is 0 Å². The van der Waals surface area contributed by atoms with Crippen LogP contribution in [0.5, 0.6) is 0 Å². The molecule has 0 aromatic carbocycles. The standard InChI is InChI=1S/C11H10N4O/c1-7(16)10(2)4-11(5-13,6-14)8(3-12)9(10)15/h4,15H2,1-2H3/t10-/m0/s1. The Labute approximate surface area is 93.4 Å². The van der Waals surface area contributed by atoms with Gasteiger partial charge in [-0.15, -0.1) is 0 Å². The van der Waals surface area contributed by atoms with Crippen LogP contribution in [0.1, 0.15) is 20.3 Å². The van der Waals surface area contributed by atoms with Gasteiger partial charge in [0.25, 0.3) is 0 Å². The monoisotopic (exact) mass is 214 g/mol. The summed E-state index contributed by atoms with van der Waals surface area (Å²) in [7, 11) is 0. The first-order valence-corrected chi connectivity index (χ1v) is 4.62. The van der Waals surface area contributed by atoms with Crippen molar-refractivity contribution >= 4 is 5.78 Å². The number of allylic oxidation sites excluding steroid dienone is 2. The van der Waals surface area contributed by atoms with E-state index in [1.807, 2.05) is 0 Å². The van der Waals surface area contributed by atoms with E-state index in [9.17, 15) is 4.79 Å². The van der Waals surface area contributed by atoms with E-state index < -0.39 is 10.8 Å². The molecule has 2 N–H and O–H groups in total. The molecule has 0 aromatic rings. The van der Waals surface area contributed by atoms with E-state index in [1.54, 1.807) is 25.1 Å². The van der Waals surface area contributed by atoms with Gasteiger partial charge in [0.1, 0.15) is 5.78 Å². The third-order valence-electron chi connectivity index (χ3n) is 3.18. The molecule has 5 heteroatoms. The summed E-state index contributed by atoms with van der Waals surface area (Å²) in [6.45, 7) is 2.89. The molecule has 1 aliphatic carbocycles. The van der Waals surface area contributed by atoms with Gasteiger partial charge < -0.3 is 5.73 Å². The highest BCUT2D eigenvalue weighted by Crippen LogP contribution is 2.51. The Morgan fingerprint density at radius 1 is 1.38 bits per heavy atom. The van der Waals surface area contributed by atoms with E-state index in [1.165, 1.54) is 6.92 Å². The van der Waals surface area contributed by atoms with Gasteiger partial charge in [0.2, 0.25) is 0 Å². The summed E-state index contributed by atoms with van der Waals surface area (Å²) in [5, 5.41) is 27.0. The second-order valence-corrected chi connectivity index (χ2v) is 4.09. The molecule has 0 aliphatic heterocycles. The Morgan fingerprint density at radius 2 is 1.88 bits per heavy atom. The molecule has 0 amide bonds. The van der Waals surface area contributed by atoms with Crippen LogP contribution in [-0.4, -0.2) is 5.78 Å². The molecule has 0 fully saturated rings. The molecule has 0 spiro atoms. The lowest BCUT2D eigenvalue weighted by molar-refractivity contribution is -0.124. The molecular formula is C11H10N4O. The van der Waals surface area contributed by atoms with Crippen molar-refractivity contribution in [1.29, 1.82) is 15.8 Å². The van der Waals surface area contributed by atoms with Gasteiger partial charge in [-0.2, -0.15) is 15.8 Å². The summed E-state index contributed by atoms with van der Waals surface area (Å²) in [4.78, 5) is 11.5. The smallest absolute Gasteiger partial charge is 0.181 e. The number of ketones is 1. The van der Waals surface area contributed by atoms with E-state index in [0.717, 1.165) is 0 Å². The minimum Gasteiger partial charge on any atom is -0.400 e. The Hall–Kier alpha value is -2.32. The Bertz CT molecular complexity index is 498. The van der Waals surface area contributed by atoms with E-state index in [2.05, 4.69) is 0 Å². The van der Waals surface area contributed by atoms with Gasteiger partial charge >= 0.3 is 0 Å². The molecular weight excluding hydrogens is 204 g/mol. The Balaban J connectivity index is 3.53. The van der Waals surface area contributed by atoms with Gasteiger partial charge in [-0.05, 0) is 13.8 Å². The third-order valence-corrected chi connectivity index (χ3v) is 3.18. The highest BCUT2D eigenvalue weighted by atomic mass is 16.1. The second kappa shape index (κ2) is 3.36. The Morgan fingerprint density at radius 3 is 2.12 bits per heavy atom. The van der Waals surface area contributed by atoms with Crippen LogP contribution in [0.3, 0.4) is 0 Å². The molecule has 16 heavy (non-hydrogen) atoms. The maximum Gasteiger partial charge on any atom is 0.181 e. The molecule has 0 saturated heterocycles. The molecule has 0 radical (unpaired) electrons. The molecule has 0 unspecified atom stereocenters. The number of hydrogen-bond donors (Lipinski definition) is 1. The number of Topliss-reactive ketones (excluding diaryl/α,β-unsaturated/α-hetero) is 1. The molecule has 80 valence electrons. The van der Waals surface area contributed by atoms with Crippen molar-refractivity contribution in [2.75, 3.05) is 0 Å². The summed E-state index contributed by atoms with van der Waals surface area (Å²) in [6, 6.07) is 5.36. The molecule has 5 nitrogen and oxygen atoms in total. The number of carbonyl (C=O) groups excluding carboxylic acids is 1. The van der Waals surface area contributed by atoms with Crippen molar-refractivity contribution in [2.24, 2.45) is 16.6 Å². The summed E-state index contributed by atoms with van der Waals surface area (Å²) < 4.78 is 0. The van der Waals surface area contributed by atoms with E-state index in [-0.39, 0.29) is 23.5 Å². The van der Waals surface area contributed by atoms with Gasteiger partial charge in [-0.1, -0.05) is 0 Å². The van der Waals surface area contributed by atoms with E-state index in [0.29, 0.717) is 0 Å². The average molecular weight is 214 g/mol. The summed E-state index contributed by atoms with van der Waals surface area (Å²) in [6.07, 6.45) is -0.0446. The van der Waals surface area contributed by atoms with Crippen molar-refractivity contribution in [3.05, 3.63) is 11.3 Å². The molecule has 0 saturated carbocycles. The first kappa shape index (κ1) is 11.8. The first-order valence-electron chi connectivity index (χ1n) is 4.62. The number of nitrogens with zero attached hydrogens (tertiary/aromatic N) is 3. The second-order valence-electron chi connectivity index (χ2n) is 4.09. The van der Waals surface area contributed by atoms with Crippen molar-refractivity contribution in [2.45, 2.75) is 20.3 Å². The van der Waals surface area contributed by atoms with Crippen LogP contribution in [-0.2, 0) is 4.79 Å². The van der Waals surface area contributed by atoms with Crippen molar-refractivity contribution in [1.82, 2.24) is 0 Å². The summed E-state index contributed by atoms with van der Waals surface area (Å²) >= 11 is 0. The SMILES string of the molecule is CC(=O)[C@]1(C)CC(C#N)(C#N)C(C#N)=C1N. The quantitative estimate of drug-likeness (QED) is 0.691. The fourth-order valence-corrected chi connectivity index (χ4v) is 1.91. The van der Waals surface area contributed by atoms with Crippen LogP contribution in [0.4, 0.5) is 0 Å². The third kappa shape index (κ3) is 1.17. The van der Waals surface area contributed by atoms with Crippen molar-refractivity contribution < 1.29 is 4.79 Å². The lowest BCUT2D eigenvalue weighted by atomic mass is 9.76. The normalized spacial score (nSPS) is 26.7. The van der Waals surface area contributed by atoms with Crippen LogP contribution in [0.15, 0.2) is 11.3 Å². The number of carbonyl (C=O) groups is 1. The van der Waals surface area contributed by atoms with Crippen molar-refractivity contribution in [3.63, 3.8) is 0 Å². The zero-order chi connectivity index (χ0) is 12.6. The van der Waals surface area contributed by atoms with Gasteiger partial charge in [0.15, 0.2) is 5.41 Å². The Kier molecular flexibility index (Phi) is 2.47. The summed E-state index contributed by atoms with van der Waals surface area (Å²) in [5.41, 5.74) is 3.02. The number of nitriles is 3. The maximum atomic E-state index is 11.5. The zero-order valence-electron chi connectivity index (χ0n) is 9.03. The van der Waals surface area contributed by atoms with E-state index >= 15 is 0 Å². The fraction of sp³-hybridized carbons (Fsp3) is 0.455. The highest BCUT2D eigenvalue weighted by molar-refractivity contribution is 5.87. The van der Waals surface area contributed by atoms with Crippen LogP contribution in [0.2, 0.25) is 0 Å². The molecule has 1 atom stereocenters. The highest BCUT2D eigenvalue weighted by Gasteiger charge is 2.54. The molecule has 0 bridgehead atoms. The molecule has 0 heterocycles. The van der Waals surface area contributed by atoms with Crippen LogP contribution < -0.4 is 5.73 Å². The molecule has 0 aromatic heterocycles. The van der Waals surface area contributed by atoms with Gasteiger partial charge in [0, 0.05) is 12.1 Å².